The Balaban J connectivity index is 1.99. The van der Waals surface area contributed by atoms with Crippen molar-refractivity contribution in [1.29, 1.82) is 0 Å². The predicted molar refractivity (Wildman–Crippen MR) is 95.9 cm³/mol. The van der Waals surface area contributed by atoms with Gasteiger partial charge in [0.05, 0.1) is 5.71 Å². The number of hydrazone groups is 1. The van der Waals surface area contributed by atoms with Gasteiger partial charge in [-0.2, -0.15) is 5.10 Å². The Morgan fingerprint density at radius 3 is 2.38 bits per heavy atom. The molecule has 0 spiro atoms. The summed E-state index contributed by atoms with van der Waals surface area (Å²) < 4.78 is 12.9. The smallest absolute Gasteiger partial charge is 0.262 e. The Morgan fingerprint density at radius 2 is 1.79 bits per heavy atom. The molecule has 6 heteroatoms. The third kappa shape index (κ3) is 5.06. The van der Waals surface area contributed by atoms with Crippen molar-refractivity contribution in [3.05, 3.63) is 64.9 Å². The second-order valence-corrected chi connectivity index (χ2v) is 5.73. The molecule has 0 radical (unpaired) electrons. The lowest BCUT2D eigenvalue weighted by atomic mass is 10.1. The second kappa shape index (κ2) is 8.45. The van der Waals surface area contributed by atoms with E-state index in [1.54, 1.807) is 31.2 Å². The Hall–Kier alpha value is -2.40. The van der Waals surface area contributed by atoms with Crippen LogP contribution >= 0.6 is 11.6 Å². The molecule has 1 atom stereocenters. The maximum atomic E-state index is 12.9. The largest absolute Gasteiger partial charge is 0.374 e. The number of anilines is 1. The number of hydrogen-bond donors (Lipinski definition) is 2. The molecule has 0 saturated heterocycles. The summed E-state index contributed by atoms with van der Waals surface area (Å²) in [6.45, 7) is 3.66. The van der Waals surface area contributed by atoms with Crippen LogP contribution in [0.3, 0.4) is 0 Å². The highest BCUT2D eigenvalue weighted by molar-refractivity contribution is 6.30. The van der Waals surface area contributed by atoms with Gasteiger partial charge < -0.3 is 5.32 Å². The van der Waals surface area contributed by atoms with E-state index >= 15 is 0 Å². The van der Waals surface area contributed by atoms with Crippen LogP contribution in [0.4, 0.5) is 10.1 Å². The fourth-order valence-electron chi connectivity index (χ4n) is 2.07. The number of nitrogens with one attached hydrogen (secondary N) is 2. The van der Waals surface area contributed by atoms with E-state index in [2.05, 4.69) is 15.8 Å². The SMILES string of the molecule is CCC(Nc1ccc(Cl)cc1)C(=O)NN=C(C)c1ccc(F)cc1. The lowest BCUT2D eigenvalue weighted by Crippen LogP contribution is -2.37. The molecule has 0 aliphatic heterocycles. The van der Waals surface area contributed by atoms with Gasteiger partial charge in [-0.3, -0.25) is 4.79 Å². The Bertz CT molecular complexity index is 714. The summed E-state index contributed by atoms with van der Waals surface area (Å²) in [5, 5.41) is 7.86. The predicted octanol–water partition coefficient (Wildman–Crippen LogP) is 4.21. The summed E-state index contributed by atoms with van der Waals surface area (Å²) in [5.74, 6) is -0.553. The molecule has 2 rings (SSSR count). The zero-order valence-electron chi connectivity index (χ0n) is 13.5. The Kier molecular flexibility index (Phi) is 6.32. The molecule has 0 aliphatic carbocycles. The first-order valence-corrected chi connectivity index (χ1v) is 7.99. The van der Waals surface area contributed by atoms with E-state index in [4.69, 9.17) is 11.6 Å². The summed E-state index contributed by atoms with van der Waals surface area (Å²) in [4.78, 5) is 12.3. The van der Waals surface area contributed by atoms with Crippen LogP contribution < -0.4 is 10.7 Å². The topological polar surface area (TPSA) is 53.5 Å². The Labute approximate surface area is 145 Å². The van der Waals surface area contributed by atoms with E-state index < -0.39 is 6.04 Å². The first-order chi connectivity index (χ1) is 11.5. The number of rotatable bonds is 6. The van der Waals surface area contributed by atoms with Crippen LogP contribution in [0.2, 0.25) is 5.02 Å². The van der Waals surface area contributed by atoms with E-state index in [1.807, 2.05) is 19.1 Å². The molecule has 126 valence electrons. The molecule has 4 nitrogen and oxygen atoms in total. The number of benzene rings is 2. The number of carbonyl (C=O) groups excluding carboxylic acids is 1. The van der Waals surface area contributed by atoms with Crippen molar-refractivity contribution in [2.24, 2.45) is 5.10 Å². The van der Waals surface area contributed by atoms with Crippen molar-refractivity contribution >= 4 is 28.9 Å². The number of hydrogen-bond acceptors (Lipinski definition) is 3. The van der Waals surface area contributed by atoms with Crippen LogP contribution in [0, 0.1) is 5.82 Å². The third-order valence-electron chi connectivity index (χ3n) is 3.51. The van der Waals surface area contributed by atoms with Gasteiger partial charge in [0.2, 0.25) is 0 Å². The number of carbonyl (C=O) groups is 1. The molecule has 0 bridgehead atoms. The van der Waals surface area contributed by atoms with Gasteiger partial charge in [0.25, 0.3) is 5.91 Å². The highest BCUT2D eigenvalue weighted by Gasteiger charge is 2.15. The molecule has 0 aromatic heterocycles. The van der Waals surface area contributed by atoms with Crippen molar-refractivity contribution in [1.82, 2.24) is 5.43 Å². The minimum absolute atomic E-state index is 0.242. The second-order valence-electron chi connectivity index (χ2n) is 5.29. The van der Waals surface area contributed by atoms with Crippen LogP contribution in [0.15, 0.2) is 53.6 Å². The Morgan fingerprint density at radius 1 is 1.17 bits per heavy atom. The average molecular weight is 348 g/mol. The molecule has 2 aromatic rings. The van der Waals surface area contributed by atoms with Crippen molar-refractivity contribution in [2.75, 3.05) is 5.32 Å². The molecule has 0 fully saturated rings. The molecular formula is C18H19ClFN3O. The normalized spacial score (nSPS) is 12.6. The highest BCUT2D eigenvalue weighted by atomic mass is 35.5. The van der Waals surface area contributed by atoms with Crippen molar-refractivity contribution in [3.8, 4) is 0 Å². The van der Waals surface area contributed by atoms with Crippen LogP contribution in [0.25, 0.3) is 0 Å². The van der Waals surface area contributed by atoms with E-state index in [1.165, 1.54) is 12.1 Å². The lowest BCUT2D eigenvalue weighted by molar-refractivity contribution is -0.121. The molecule has 2 aromatic carbocycles. The van der Waals surface area contributed by atoms with Gasteiger partial charge >= 0.3 is 0 Å². The number of amides is 1. The minimum Gasteiger partial charge on any atom is -0.374 e. The molecule has 1 amide bonds. The molecule has 0 aliphatic rings. The quantitative estimate of drug-likeness (QED) is 0.607. The molecule has 24 heavy (non-hydrogen) atoms. The molecular weight excluding hydrogens is 329 g/mol. The van der Waals surface area contributed by atoms with Gasteiger partial charge in [0, 0.05) is 10.7 Å². The van der Waals surface area contributed by atoms with Crippen molar-refractivity contribution in [2.45, 2.75) is 26.3 Å². The van der Waals surface area contributed by atoms with Crippen LogP contribution in [0.5, 0.6) is 0 Å². The lowest BCUT2D eigenvalue weighted by Gasteiger charge is -2.16. The number of halogens is 2. The number of nitrogens with zero attached hydrogens (tertiary/aromatic N) is 1. The van der Waals surface area contributed by atoms with Crippen molar-refractivity contribution in [3.63, 3.8) is 0 Å². The summed E-state index contributed by atoms with van der Waals surface area (Å²) >= 11 is 5.85. The van der Waals surface area contributed by atoms with Gasteiger partial charge in [-0.25, -0.2) is 9.82 Å². The standard InChI is InChI=1S/C18H19ClFN3O/c1-3-17(21-16-10-6-14(19)7-11-16)18(24)23-22-12(2)13-4-8-15(20)9-5-13/h4-11,17,21H,3H2,1-2H3,(H,23,24). The minimum atomic E-state index is -0.420. The zero-order chi connectivity index (χ0) is 17.5. The summed E-state index contributed by atoms with van der Waals surface area (Å²) in [6, 6.07) is 12.6. The van der Waals surface area contributed by atoms with E-state index in [-0.39, 0.29) is 11.7 Å². The average Bonchev–Trinajstić information content (AvgIpc) is 2.59. The molecule has 2 N–H and O–H groups in total. The highest BCUT2D eigenvalue weighted by Crippen LogP contribution is 2.15. The molecule has 1 unspecified atom stereocenters. The van der Waals surface area contributed by atoms with Gasteiger partial charge in [0.15, 0.2) is 0 Å². The first-order valence-electron chi connectivity index (χ1n) is 7.61. The maximum absolute atomic E-state index is 12.9. The molecule has 0 heterocycles. The summed E-state index contributed by atoms with van der Waals surface area (Å²) in [5.41, 5.74) is 4.70. The monoisotopic (exact) mass is 347 g/mol. The third-order valence-corrected chi connectivity index (χ3v) is 3.76. The van der Waals surface area contributed by atoms with E-state index in [0.29, 0.717) is 17.2 Å². The zero-order valence-corrected chi connectivity index (χ0v) is 14.3. The van der Waals surface area contributed by atoms with E-state index in [0.717, 1.165) is 11.3 Å². The van der Waals surface area contributed by atoms with Crippen LogP contribution in [-0.4, -0.2) is 17.7 Å². The fourth-order valence-corrected chi connectivity index (χ4v) is 2.20. The maximum Gasteiger partial charge on any atom is 0.262 e. The molecule has 0 saturated carbocycles. The fraction of sp³-hybridized carbons (Fsp3) is 0.222. The van der Waals surface area contributed by atoms with Gasteiger partial charge in [-0.1, -0.05) is 30.7 Å². The van der Waals surface area contributed by atoms with Gasteiger partial charge in [0.1, 0.15) is 11.9 Å². The first kappa shape index (κ1) is 17.9. The van der Waals surface area contributed by atoms with Crippen LogP contribution in [0.1, 0.15) is 25.8 Å². The van der Waals surface area contributed by atoms with Crippen molar-refractivity contribution < 1.29 is 9.18 Å². The van der Waals surface area contributed by atoms with E-state index in [9.17, 15) is 9.18 Å². The van der Waals surface area contributed by atoms with Gasteiger partial charge in [-0.15, -0.1) is 0 Å². The van der Waals surface area contributed by atoms with Gasteiger partial charge in [-0.05, 0) is 55.3 Å². The summed E-state index contributed by atoms with van der Waals surface area (Å²) in [6.07, 6.45) is 0.597. The van der Waals surface area contributed by atoms with Crippen LogP contribution in [-0.2, 0) is 4.79 Å². The summed E-state index contributed by atoms with van der Waals surface area (Å²) in [7, 11) is 0.